The summed E-state index contributed by atoms with van der Waals surface area (Å²) in [6.45, 7) is 2.90. The molecule has 3 aromatic rings. The molecule has 8 heteroatoms. The fourth-order valence-corrected chi connectivity index (χ4v) is 4.36. The molecule has 0 bridgehead atoms. The number of amides is 1. The van der Waals surface area contributed by atoms with Crippen molar-refractivity contribution in [1.29, 1.82) is 0 Å². The Balaban J connectivity index is 1.40. The highest BCUT2D eigenvalue weighted by Crippen LogP contribution is 2.28. The molecule has 2 aromatic carbocycles. The Morgan fingerprint density at radius 1 is 1.19 bits per heavy atom. The third kappa shape index (κ3) is 8.01. The number of hydrogen-bond acceptors (Lipinski definition) is 6. The van der Waals surface area contributed by atoms with Gasteiger partial charge in [0.1, 0.15) is 5.75 Å². The Hall–Kier alpha value is -2.35. The van der Waals surface area contributed by atoms with Crippen molar-refractivity contribution in [3.63, 3.8) is 0 Å². The second-order valence-corrected chi connectivity index (χ2v) is 9.23. The van der Waals surface area contributed by atoms with Gasteiger partial charge in [0.2, 0.25) is 0 Å². The normalized spacial score (nSPS) is 11.0. The average Bonchev–Trinajstić information content (AvgIpc) is 3.26. The minimum atomic E-state index is -0.180. The van der Waals surface area contributed by atoms with E-state index in [0.29, 0.717) is 5.02 Å². The lowest BCUT2D eigenvalue weighted by molar-refractivity contribution is -0.118. The van der Waals surface area contributed by atoms with Gasteiger partial charge in [-0.2, -0.15) is 5.10 Å². The van der Waals surface area contributed by atoms with Crippen LogP contribution in [0.2, 0.25) is 5.02 Å². The van der Waals surface area contributed by atoms with Gasteiger partial charge in [-0.05, 0) is 48.4 Å². The summed E-state index contributed by atoms with van der Waals surface area (Å²) < 4.78 is 6.52. The Morgan fingerprint density at radius 2 is 1.97 bits per heavy atom. The Kier molecular flexibility index (Phi) is 9.39. The van der Waals surface area contributed by atoms with Crippen molar-refractivity contribution < 1.29 is 9.53 Å². The number of aromatic nitrogens is 1. The monoisotopic (exact) mass is 473 g/mol. The predicted molar refractivity (Wildman–Crippen MR) is 130 cm³/mol. The van der Waals surface area contributed by atoms with E-state index in [1.165, 1.54) is 35.9 Å². The molecule has 0 unspecified atom stereocenters. The highest BCUT2D eigenvalue weighted by Gasteiger charge is 2.08. The molecule has 0 aliphatic heterocycles. The summed E-state index contributed by atoms with van der Waals surface area (Å²) in [5.74, 6) is 0.908. The van der Waals surface area contributed by atoms with Crippen LogP contribution < -0.4 is 10.2 Å². The summed E-state index contributed by atoms with van der Waals surface area (Å²) in [4.78, 5) is 16.6. The minimum absolute atomic E-state index is 0.180. The van der Waals surface area contributed by atoms with Gasteiger partial charge in [-0.3, -0.25) is 4.79 Å². The number of unbranched alkanes of at least 4 members (excludes halogenated alkanes) is 2. The molecule has 1 aromatic heterocycles. The number of thioether (sulfide) groups is 1. The van der Waals surface area contributed by atoms with E-state index in [1.54, 1.807) is 6.21 Å². The van der Waals surface area contributed by atoms with E-state index in [1.807, 2.05) is 53.9 Å². The van der Waals surface area contributed by atoms with Gasteiger partial charge < -0.3 is 4.74 Å². The molecule has 1 N–H and O–H groups in total. The second-order valence-electron chi connectivity index (χ2n) is 6.71. The van der Waals surface area contributed by atoms with Crippen LogP contribution >= 0.6 is 34.7 Å². The highest BCUT2D eigenvalue weighted by atomic mass is 35.5. The van der Waals surface area contributed by atoms with E-state index in [9.17, 15) is 4.79 Å². The zero-order chi connectivity index (χ0) is 21.9. The number of rotatable bonds is 11. The molecule has 1 heterocycles. The Bertz CT molecular complexity index is 989. The van der Waals surface area contributed by atoms with Crippen LogP contribution in [0, 0.1) is 0 Å². The smallest absolute Gasteiger partial charge is 0.250 e. The van der Waals surface area contributed by atoms with Crippen LogP contribution in [0.4, 0.5) is 0 Å². The number of ether oxygens (including phenoxy) is 1. The van der Waals surface area contributed by atoms with E-state index < -0.39 is 0 Å². The lowest BCUT2D eigenvalue weighted by Crippen LogP contribution is -2.19. The standard InChI is InChI=1S/C23H24ClN3O2S2/c1-2-3-4-13-29-20-11-5-17(6-12-20)14-25-27-22(28)16-31-23-26-21(15-30-23)18-7-9-19(24)10-8-18/h5-12,14-15H,2-4,13,16H2,1H3,(H,27,28)/b25-14+. The van der Waals surface area contributed by atoms with Crippen molar-refractivity contribution in [1.82, 2.24) is 10.4 Å². The first-order valence-electron chi connectivity index (χ1n) is 10.0. The van der Waals surface area contributed by atoms with Gasteiger partial charge in [-0.1, -0.05) is 55.3 Å². The summed E-state index contributed by atoms with van der Waals surface area (Å²) >= 11 is 8.82. The van der Waals surface area contributed by atoms with Gasteiger partial charge in [-0.25, -0.2) is 10.4 Å². The number of nitrogens with zero attached hydrogens (tertiary/aromatic N) is 2. The second kappa shape index (κ2) is 12.5. The SMILES string of the molecule is CCCCCOc1ccc(/C=N/NC(=O)CSc2nc(-c3ccc(Cl)cc3)cs2)cc1. The number of nitrogens with one attached hydrogen (secondary N) is 1. The first kappa shape index (κ1) is 23.3. The molecule has 0 aliphatic rings. The molecule has 0 radical (unpaired) electrons. The number of thiazole rings is 1. The van der Waals surface area contributed by atoms with Crippen LogP contribution in [0.3, 0.4) is 0 Å². The molecule has 0 fully saturated rings. The number of hydrazone groups is 1. The molecule has 5 nitrogen and oxygen atoms in total. The number of benzene rings is 2. The van der Waals surface area contributed by atoms with E-state index >= 15 is 0 Å². The highest BCUT2D eigenvalue weighted by molar-refractivity contribution is 8.01. The van der Waals surface area contributed by atoms with Crippen LogP contribution in [-0.4, -0.2) is 29.5 Å². The van der Waals surface area contributed by atoms with Gasteiger partial charge in [0, 0.05) is 16.0 Å². The van der Waals surface area contributed by atoms with Crippen LogP contribution in [-0.2, 0) is 4.79 Å². The largest absolute Gasteiger partial charge is 0.494 e. The molecule has 1 amide bonds. The van der Waals surface area contributed by atoms with Crippen LogP contribution in [0.1, 0.15) is 31.7 Å². The molecule has 162 valence electrons. The zero-order valence-corrected chi connectivity index (χ0v) is 19.6. The number of halogens is 1. The molecule has 0 saturated heterocycles. The number of hydrogen-bond donors (Lipinski definition) is 1. The van der Waals surface area contributed by atoms with Gasteiger partial charge in [-0.15, -0.1) is 11.3 Å². The lowest BCUT2D eigenvalue weighted by Gasteiger charge is -2.05. The zero-order valence-electron chi connectivity index (χ0n) is 17.2. The van der Waals surface area contributed by atoms with Crippen molar-refractivity contribution in [3.05, 3.63) is 64.5 Å². The molecular weight excluding hydrogens is 450 g/mol. The molecule has 0 atom stereocenters. The average molecular weight is 474 g/mol. The van der Waals surface area contributed by atoms with E-state index in [0.717, 1.165) is 39.9 Å². The van der Waals surface area contributed by atoms with Gasteiger partial charge in [0.05, 0.1) is 24.3 Å². The summed E-state index contributed by atoms with van der Waals surface area (Å²) in [6, 6.07) is 15.2. The quantitative estimate of drug-likeness (QED) is 0.154. The maximum absolute atomic E-state index is 12.0. The molecule has 31 heavy (non-hydrogen) atoms. The third-order valence-corrected chi connectivity index (χ3v) is 6.52. The third-order valence-electron chi connectivity index (χ3n) is 4.25. The Morgan fingerprint density at radius 3 is 2.71 bits per heavy atom. The molecule has 0 saturated carbocycles. The maximum atomic E-state index is 12.0. The van der Waals surface area contributed by atoms with Crippen LogP contribution in [0.25, 0.3) is 11.3 Å². The molecule has 0 aliphatic carbocycles. The first-order chi connectivity index (χ1) is 15.1. The number of carbonyl (C=O) groups excluding carboxylic acids is 1. The van der Waals surface area contributed by atoms with Crippen LogP contribution in [0.15, 0.2) is 63.4 Å². The summed E-state index contributed by atoms with van der Waals surface area (Å²) in [5.41, 5.74) is 5.31. The van der Waals surface area contributed by atoms with Crippen LogP contribution in [0.5, 0.6) is 5.75 Å². The van der Waals surface area contributed by atoms with Gasteiger partial charge in [0.25, 0.3) is 5.91 Å². The van der Waals surface area contributed by atoms with Crippen molar-refractivity contribution >= 4 is 46.8 Å². The topological polar surface area (TPSA) is 63.6 Å². The predicted octanol–water partition coefficient (Wildman–Crippen LogP) is 6.27. The van der Waals surface area contributed by atoms with E-state index in [2.05, 4.69) is 22.4 Å². The summed E-state index contributed by atoms with van der Waals surface area (Å²) in [6.07, 6.45) is 5.03. The van der Waals surface area contributed by atoms with Crippen molar-refractivity contribution in [2.75, 3.05) is 12.4 Å². The lowest BCUT2D eigenvalue weighted by atomic mass is 10.2. The number of carbonyl (C=O) groups is 1. The molecule has 0 spiro atoms. The van der Waals surface area contributed by atoms with Gasteiger partial charge in [0.15, 0.2) is 4.34 Å². The van der Waals surface area contributed by atoms with Crippen molar-refractivity contribution in [3.8, 4) is 17.0 Å². The molecule has 3 rings (SSSR count). The van der Waals surface area contributed by atoms with Crippen molar-refractivity contribution in [2.24, 2.45) is 5.10 Å². The minimum Gasteiger partial charge on any atom is -0.494 e. The fourth-order valence-electron chi connectivity index (χ4n) is 2.61. The fraction of sp³-hybridized carbons (Fsp3) is 0.261. The summed E-state index contributed by atoms with van der Waals surface area (Å²) in [7, 11) is 0. The summed E-state index contributed by atoms with van der Waals surface area (Å²) in [5, 5.41) is 6.69. The van der Waals surface area contributed by atoms with Crippen molar-refractivity contribution in [2.45, 2.75) is 30.5 Å². The Labute approximate surface area is 195 Å². The maximum Gasteiger partial charge on any atom is 0.250 e. The van der Waals surface area contributed by atoms with E-state index in [4.69, 9.17) is 16.3 Å². The van der Waals surface area contributed by atoms with Gasteiger partial charge >= 0.3 is 0 Å². The molecular formula is C23H24ClN3O2S2. The first-order valence-corrected chi connectivity index (χ1v) is 12.3. The van der Waals surface area contributed by atoms with E-state index in [-0.39, 0.29) is 11.7 Å².